The molecular weight excluding hydrogens is 363 g/mol. The van der Waals surface area contributed by atoms with Gasteiger partial charge in [-0.05, 0) is 24.3 Å². The molecule has 0 saturated carbocycles. The van der Waals surface area contributed by atoms with Gasteiger partial charge in [0.2, 0.25) is 11.8 Å². The Kier molecular flexibility index (Phi) is 5.16. The number of rotatable bonds is 4. The Hall–Kier alpha value is -2.24. The molecule has 1 saturated heterocycles. The highest BCUT2D eigenvalue weighted by molar-refractivity contribution is 6.40. The van der Waals surface area contributed by atoms with Crippen molar-refractivity contribution in [2.75, 3.05) is 23.9 Å². The fourth-order valence-electron chi connectivity index (χ4n) is 2.79. The van der Waals surface area contributed by atoms with Crippen molar-refractivity contribution < 1.29 is 14.3 Å². The molecule has 2 aromatic carbocycles. The summed E-state index contributed by atoms with van der Waals surface area (Å²) < 4.78 is 5.14. The predicted octanol–water partition coefficient (Wildman–Crippen LogP) is 3.99. The molecule has 0 aliphatic carbocycles. The van der Waals surface area contributed by atoms with Crippen molar-refractivity contribution in [1.29, 1.82) is 0 Å². The van der Waals surface area contributed by atoms with Gasteiger partial charge in [-0.1, -0.05) is 35.3 Å². The fourth-order valence-corrected chi connectivity index (χ4v) is 3.39. The lowest BCUT2D eigenvalue weighted by molar-refractivity contribution is -0.122. The first kappa shape index (κ1) is 17.6. The second kappa shape index (κ2) is 7.33. The second-order valence-corrected chi connectivity index (χ2v) is 6.51. The topological polar surface area (TPSA) is 58.6 Å². The Labute approximate surface area is 155 Å². The summed E-state index contributed by atoms with van der Waals surface area (Å²) in [6.45, 7) is 0.234. The Morgan fingerprint density at radius 2 is 1.88 bits per heavy atom. The summed E-state index contributed by atoms with van der Waals surface area (Å²) in [5.41, 5.74) is 1.07. The Balaban J connectivity index is 1.74. The molecule has 1 heterocycles. The molecule has 2 amide bonds. The average Bonchev–Trinajstić information content (AvgIpc) is 2.97. The van der Waals surface area contributed by atoms with Crippen molar-refractivity contribution in [3.05, 3.63) is 52.5 Å². The van der Waals surface area contributed by atoms with Crippen LogP contribution in [0.2, 0.25) is 10.0 Å². The van der Waals surface area contributed by atoms with E-state index in [1.807, 2.05) is 0 Å². The quantitative estimate of drug-likeness (QED) is 0.874. The maximum absolute atomic E-state index is 12.5. The number of carbonyl (C=O) groups is 2. The minimum absolute atomic E-state index is 0.108. The van der Waals surface area contributed by atoms with Crippen LogP contribution in [0, 0.1) is 5.92 Å². The van der Waals surface area contributed by atoms with Crippen molar-refractivity contribution in [3.8, 4) is 5.75 Å². The summed E-state index contributed by atoms with van der Waals surface area (Å²) in [5, 5.41) is 3.58. The molecular formula is C18H16Cl2N2O3. The van der Waals surface area contributed by atoms with Crippen LogP contribution < -0.4 is 15.0 Å². The van der Waals surface area contributed by atoms with Crippen LogP contribution >= 0.6 is 23.2 Å². The SMILES string of the molecule is COc1cccc(NC(=O)C2CC(=O)N(c3c(Cl)cccc3Cl)C2)c1. The van der Waals surface area contributed by atoms with E-state index < -0.39 is 5.92 Å². The van der Waals surface area contributed by atoms with Crippen molar-refractivity contribution in [2.45, 2.75) is 6.42 Å². The smallest absolute Gasteiger partial charge is 0.229 e. The summed E-state index contributed by atoms with van der Waals surface area (Å²) >= 11 is 12.3. The largest absolute Gasteiger partial charge is 0.497 e. The molecule has 7 heteroatoms. The fraction of sp³-hybridized carbons (Fsp3) is 0.222. The minimum Gasteiger partial charge on any atom is -0.497 e. The van der Waals surface area contributed by atoms with Crippen molar-refractivity contribution in [1.82, 2.24) is 0 Å². The van der Waals surface area contributed by atoms with Crippen molar-refractivity contribution >= 4 is 46.4 Å². The monoisotopic (exact) mass is 378 g/mol. The van der Waals surface area contributed by atoms with E-state index in [1.54, 1.807) is 49.6 Å². The number of carbonyl (C=O) groups excluding carboxylic acids is 2. The number of nitrogens with one attached hydrogen (secondary N) is 1. The van der Waals surface area contributed by atoms with Crippen LogP contribution in [0.5, 0.6) is 5.75 Å². The summed E-state index contributed by atoms with van der Waals surface area (Å²) in [7, 11) is 1.56. The zero-order valence-electron chi connectivity index (χ0n) is 13.5. The average molecular weight is 379 g/mol. The third kappa shape index (κ3) is 3.72. The number of hydrogen-bond acceptors (Lipinski definition) is 3. The van der Waals surface area contributed by atoms with Crippen LogP contribution in [0.4, 0.5) is 11.4 Å². The van der Waals surface area contributed by atoms with Gasteiger partial charge in [0.15, 0.2) is 0 Å². The molecule has 1 unspecified atom stereocenters. The number of amides is 2. The first-order valence-electron chi connectivity index (χ1n) is 7.69. The second-order valence-electron chi connectivity index (χ2n) is 5.70. The lowest BCUT2D eigenvalue weighted by atomic mass is 10.1. The van der Waals surface area contributed by atoms with Crippen LogP contribution in [0.3, 0.4) is 0 Å². The van der Waals surface area contributed by atoms with E-state index >= 15 is 0 Å². The van der Waals surface area contributed by atoms with Gasteiger partial charge in [0.1, 0.15) is 5.75 Å². The standard InChI is InChI=1S/C18H16Cl2N2O3/c1-25-13-5-2-4-12(9-13)21-18(24)11-8-16(23)22(10-11)17-14(19)6-3-7-15(17)20/h2-7,9,11H,8,10H2,1H3,(H,21,24). The number of nitrogens with zero attached hydrogens (tertiary/aromatic N) is 1. The van der Waals surface area contributed by atoms with Crippen LogP contribution in [0.15, 0.2) is 42.5 Å². The molecule has 130 valence electrons. The van der Waals surface area contributed by atoms with Crippen molar-refractivity contribution in [2.24, 2.45) is 5.92 Å². The first-order chi connectivity index (χ1) is 12.0. The highest BCUT2D eigenvalue weighted by Gasteiger charge is 2.36. The lowest BCUT2D eigenvalue weighted by Gasteiger charge is -2.19. The number of hydrogen-bond donors (Lipinski definition) is 1. The molecule has 25 heavy (non-hydrogen) atoms. The van der Waals surface area contributed by atoms with Gasteiger partial charge in [0.25, 0.3) is 0 Å². The van der Waals surface area contributed by atoms with E-state index in [4.69, 9.17) is 27.9 Å². The van der Waals surface area contributed by atoms with Crippen LogP contribution in [-0.2, 0) is 9.59 Å². The Morgan fingerprint density at radius 1 is 1.20 bits per heavy atom. The number of para-hydroxylation sites is 1. The van der Waals surface area contributed by atoms with E-state index in [0.29, 0.717) is 27.2 Å². The van der Waals surface area contributed by atoms with Crippen LogP contribution in [-0.4, -0.2) is 25.5 Å². The summed E-state index contributed by atoms with van der Waals surface area (Å²) in [5.74, 6) is -0.246. The molecule has 0 bridgehead atoms. The number of halogens is 2. The molecule has 1 N–H and O–H groups in total. The number of ether oxygens (including phenoxy) is 1. The van der Waals surface area contributed by atoms with Gasteiger partial charge in [-0.25, -0.2) is 0 Å². The van der Waals surface area contributed by atoms with Crippen LogP contribution in [0.1, 0.15) is 6.42 Å². The van der Waals surface area contributed by atoms with Gasteiger partial charge in [0.05, 0.1) is 28.8 Å². The highest BCUT2D eigenvalue weighted by atomic mass is 35.5. The zero-order chi connectivity index (χ0) is 18.0. The summed E-state index contributed by atoms with van der Waals surface area (Å²) in [6.07, 6.45) is 0.108. The van der Waals surface area contributed by atoms with E-state index in [2.05, 4.69) is 5.32 Å². The molecule has 1 aliphatic rings. The molecule has 0 spiro atoms. The summed E-state index contributed by atoms with van der Waals surface area (Å²) in [4.78, 5) is 26.3. The third-order valence-electron chi connectivity index (χ3n) is 4.04. The maximum atomic E-state index is 12.5. The molecule has 1 atom stereocenters. The van der Waals surface area contributed by atoms with E-state index in [1.165, 1.54) is 4.90 Å². The van der Waals surface area contributed by atoms with Crippen molar-refractivity contribution in [3.63, 3.8) is 0 Å². The maximum Gasteiger partial charge on any atom is 0.229 e. The Morgan fingerprint density at radius 3 is 2.56 bits per heavy atom. The Bertz CT molecular complexity index is 805. The van der Waals surface area contributed by atoms with Crippen LogP contribution in [0.25, 0.3) is 0 Å². The molecule has 5 nitrogen and oxygen atoms in total. The highest BCUT2D eigenvalue weighted by Crippen LogP contribution is 2.37. The minimum atomic E-state index is -0.481. The molecule has 1 aliphatic heterocycles. The molecule has 2 aromatic rings. The molecule has 1 fully saturated rings. The van der Waals surface area contributed by atoms with Gasteiger partial charge in [0, 0.05) is 24.7 Å². The first-order valence-corrected chi connectivity index (χ1v) is 8.44. The lowest BCUT2D eigenvalue weighted by Crippen LogP contribution is -2.28. The molecule has 0 aromatic heterocycles. The number of benzene rings is 2. The van der Waals surface area contributed by atoms with Gasteiger partial charge < -0.3 is 15.0 Å². The molecule has 0 radical (unpaired) electrons. The number of methoxy groups -OCH3 is 1. The third-order valence-corrected chi connectivity index (χ3v) is 4.65. The van der Waals surface area contributed by atoms with Gasteiger partial charge in [-0.2, -0.15) is 0 Å². The predicted molar refractivity (Wildman–Crippen MR) is 98.5 cm³/mol. The zero-order valence-corrected chi connectivity index (χ0v) is 15.0. The van der Waals surface area contributed by atoms with E-state index in [0.717, 1.165) is 0 Å². The normalized spacial score (nSPS) is 16.8. The van der Waals surface area contributed by atoms with Gasteiger partial charge >= 0.3 is 0 Å². The van der Waals surface area contributed by atoms with E-state index in [9.17, 15) is 9.59 Å². The van der Waals surface area contributed by atoms with Gasteiger partial charge in [-0.15, -0.1) is 0 Å². The van der Waals surface area contributed by atoms with Gasteiger partial charge in [-0.3, -0.25) is 9.59 Å². The van der Waals surface area contributed by atoms with E-state index in [-0.39, 0.29) is 24.8 Å². The molecule has 3 rings (SSSR count). The number of anilines is 2. The summed E-state index contributed by atoms with van der Waals surface area (Å²) in [6, 6.07) is 12.1.